The van der Waals surface area contributed by atoms with Crippen molar-refractivity contribution in [2.75, 3.05) is 59.9 Å². The van der Waals surface area contributed by atoms with Gasteiger partial charge in [0.15, 0.2) is 5.96 Å². The fraction of sp³-hybridized carbons (Fsp3) is 0.955. The zero-order valence-electron chi connectivity index (χ0n) is 18.8. The quantitative estimate of drug-likeness (QED) is 0.553. The molecule has 3 rings (SSSR count). The van der Waals surface area contributed by atoms with Crippen molar-refractivity contribution in [3.63, 3.8) is 0 Å². The molecule has 0 amide bonds. The van der Waals surface area contributed by atoms with Crippen LogP contribution in [0.15, 0.2) is 4.99 Å². The Morgan fingerprint density at radius 2 is 1.64 bits per heavy atom. The van der Waals surface area contributed by atoms with Crippen molar-refractivity contribution in [2.24, 2.45) is 4.99 Å². The average Bonchev–Trinajstić information content (AvgIpc) is 2.73. The highest BCUT2D eigenvalue weighted by Gasteiger charge is 2.39. The summed E-state index contributed by atoms with van der Waals surface area (Å²) in [5.74, 6) is 0.998. The lowest BCUT2D eigenvalue weighted by atomic mass is 9.84. The van der Waals surface area contributed by atoms with E-state index in [2.05, 4.69) is 51.2 Å². The van der Waals surface area contributed by atoms with Crippen molar-refractivity contribution >= 4 is 5.96 Å². The Balaban J connectivity index is 1.54. The molecule has 3 saturated heterocycles. The summed E-state index contributed by atoms with van der Waals surface area (Å²) in [6, 6.07) is 1.21. The van der Waals surface area contributed by atoms with Gasteiger partial charge >= 0.3 is 0 Å². The molecule has 0 aliphatic carbocycles. The first-order chi connectivity index (χ1) is 13.5. The molecule has 2 N–H and O–H groups in total. The molecule has 0 bridgehead atoms. The van der Waals surface area contributed by atoms with Crippen molar-refractivity contribution in [1.82, 2.24) is 25.3 Å². The lowest BCUT2D eigenvalue weighted by Gasteiger charge is -2.50. The van der Waals surface area contributed by atoms with Crippen LogP contribution in [0.1, 0.15) is 58.8 Å². The number of rotatable bonds is 5. The van der Waals surface area contributed by atoms with Gasteiger partial charge in [0.25, 0.3) is 0 Å². The topological polar surface area (TPSA) is 46.1 Å². The van der Waals surface area contributed by atoms with Crippen LogP contribution >= 0.6 is 0 Å². The lowest BCUT2D eigenvalue weighted by Crippen LogP contribution is -2.62. The van der Waals surface area contributed by atoms with Gasteiger partial charge in [0.1, 0.15) is 0 Å². The summed E-state index contributed by atoms with van der Waals surface area (Å²) < 4.78 is 0. The molecule has 0 unspecified atom stereocenters. The van der Waals surface area contributed by atoms with Gasteiger partial charge in [-0.15, -0.1) is 0 Å². The number of likely N-dealkylation sites (tertiary alicyclic amines) is 3. The first-order valence-electron chi connectivity index (χ1n) is 11.7. The SMILES string of the molecule is CN=C(NCC1(N2CCCCC2)CCN(C)CC1)NC1CCN(C(C)C)CC1. The Kier molecular flexibility index (Phi) is 8.01. The van der Waals surface area contributed by atoms with E-state index in [0.717, 1.165) is 12.5 Å². The third kappa shape index (κ3) is 5.61. The summed E-state index contributed by atoms with van der Waals surface area (Å²) in [5.41, 5.74) is 0.297. The van der Waals surface area contributed by atoms with Crippen molar-refractivity contribution in [2.45, 2.75) is 76.4 Å². The van der Waals surface area contributed by atoms with E-state index in [1.807, 2.05) is 7.05 Å². The normalized spacial score (nSPS) is 26.5. The molecule has 6 heteroatoms. The van der Waals surface area contributed by atoms with E-state index in [1.54, 1.807) is 0 Å². The van der Waals surface area contributed by atoms with Gasteiger partial charge in [-0.05, 0) is 85.6 Å². The summed E-state index contributed by atoms with van der Waals surface area (Å²) in [6.45, 7) is 13.0. The van der Waals surface area contributed by atoms with Gasteiger partial charge in [-0.25, -0.2) is 0 Å². The molecule has 0 aromatic heterocycles. The van der Waals surface area contributed by atoms with Crippen molar-refractivity contribution in [3.05, 3.63) is 0 Å². The molecule has 3 aliphatic rings. The van der Waals surface area contributed by atoms with Gasteiger partial charge < -0.3 is 20.4 Å². The van der Waals surface area contributed by atoms with E-state index >= 15 is 0 Å². The van der Waals surface area contributed by atoms with E-state index in [4.69, 9.17) is 0 Å². The molecule has 28 heavy (non-hydrogen) atoms. The van der Waals surface area contributed by atoms with Crippen LogP contribution in [-0.2, 0) is 0 Å². The summed E-state index contributed by atoms with van der Waals surface area (Å²) in [4.78, 5) is 12.4. The summed E-state index contributed by atoms with van der Waals surface area (Å²) in [7, 11) is 4.18. The minimum Gasteiger partial charge on any atom is -0.355 e. The predicted molar refractivity (Wildman–Crippen MR) is 119 cm³/mol. The third-order valence-corrected chi connectivity index (χ3v) is 7.35. The van der Waals surface area contributed by atoms with E-state index in [-0.39, 0.29) is 0 Å². The summed E-state index contributed by atoms with van der Waals surface area (Å²) in [5, 5.41) is 7.46. The highest BCUT2D eigenvalue weighted by molar-refractivity contribution is 5.80. The summed E-state index contributed by atoms with van der Waals surface area (Å²) in [6.07, 6.45) is 9.07. The van der Waals surface area contributed by atoms with Crippen LogP contribution in [0.3, 0.4) is 0 Å². The number of nitrogens with one attached hydrogen (secondary N) is 2. The lowest BCUT2D eigenvalue weighted by molar-refractivity contribution is 0.0172. The maximum Gasteiger partial charge on any atom is 0.191 e. The minimum atomic E-state index is 0.297. The fourth-order valence-corrected chi connectivity index (χ4v) is 5.20. The van der Waals surface area contributed by atoms with E-state index in [0.29, 0.717) is 17.6 Å². The molecule has 6 nitrogen and oxygen atoms in total. The second-order valence-corrected chi connectivity index (χ2v) is 9.55. The van der Waals surface area contributed by atoms with Gasteiger partial charge in [-0.2, -0.15) is 0 Å². The maximum atomic E-state index is 4.56. The van der Waals surface area contributed by atoms with E-state index in [1.165, 1.54) is 84.2 Å². The summed E-state index contributed by atoms with van der Waals surface area (Å²) >= 11 is 0. The largest absolute Gasteiger partial charge is 0.355 e. The van der Waals surface area contributed by atoms with Crippen LogP contribution in [0.25, 0.3) is 0 Å². The number of guanidine groups is 1. The zero-order valence-corrected chi connectivity index (χ0v) is 18.8. The van der Waals surface area contributed by atoms with Crippen molar-refractivity contribution in [1.29, 1.82) is 0 Å². The van der Waals surface area contributed by atoms with Crippen LogP contribution in [-0.4, -0.2) is 98.2 Å². The molecule has 0 spiro atoms. The highest BCUT2D eigenvalue weighted by Crippen LogP contribution is 2.30. The number of aliphatic imine (C=N–C) groups is 1. The average molecular weight is 393 g/mol. The maximum absolute atomic E-state index is 4.56. The zero-order chi connectivity index (χ0) is 20.0. The van der Waals surface area contributed by atoms with Crippen LogP contribution in [0.2, 0.25) is 0 Å². The van der Waals surface area contributed by atoms with Crippen LogP contribution in [0.4, 0.5) is 0 Å². The van der Waals surface area contributed by atoms with Crippen LogP contribution < -0.4 is 10.6 Å². The predicted octanol–water partition coefficient (Wildman–Crippen LogP) is 1.97. The number of hydrogen-bond acceptors (Lipinski definition) is 4. The Bertz CT molecular complexity index is 483. The van der Waals surface area contributed by atoms with Gasteiger partial charge in [0.2, 0.25) is 0 Å². The Hall–Kier alpha value is -0.850. The molecule has 3 heterocycles. The first-order valence-corrected chi connectivity index (χ1v) is 11.7. The third-order valence-electron chi connectivity index (χ3n) is 7.35. The molecule has 0 aromatic carbocycles. The molecule has 3 fully saturated rings. The Labute approximate surface area is 173 Å². The van der Waals surface area contributed by atoms with E-state index in [9.17, 15) is 0 Å². The molecular formula is C22H44N6. The standard InChI is InChI=1S/C22H44N6/c1-19(2)27-14-8-20(9-15-27)25-21(23-3)24-18-22(10-16-26(4)17-11-22)28-12-6-5-7-13-28/h19-20H,5-18H2,1-4H3,(H2,23,24,25). The fourth-order valence-electron chi connectivity index (χ4n) is 5.20. The molecule has 0 saturated carbocycles. The molecule has 0 radical (unpaired) electrons. The number of hydrogen-bond donors (Lipinski definition) is 2. The van der Waals surface area contributed by atoms with Gasteiger partial charge in [-0.3, -0.25) is 9.89 Å². The molecule has 162 valence electrons. The first kappa shape index (κ1) is 21.8. The number of nitrogens with zero attached hydrogens (tertiary/aromatic N) is 4. The molecule has 3 aliphatic heterocycles. The van der Waals surface area contributed by atoms with Gasteiger partial charge in [0, 0.05) is 44.3 Å². The van der Waals surface area contributed by atoms with Crippen LogP contribution in [0, 0.1) is 0 Å². The Morgan fingerprint density at radius 3 is 2.21 bits per heavy atom. The smallest absolute Gasteiger partial charge is 0.191 e. The van der Waals surface area contributed by atoms with E-state index < -0.39 is 0 Å². The number of piperidine rings is 3. The molecular weight excluding hydrogens is 348 g/mol. The van der Waals surface area contributed by atoms with Crippen molar-refractivity contribution in [3.8, 4) is 0 Å². The van der Waals surface area contributed by atoms with Gasteiger partial charge in [0.05, 0.1) is 0 Å². The van der Waals surface area contributed by atoms with Crippen LogP contribution in [0.5, 0.6) is 0 Å². The second-order valence-electron chi connectivity index (χ2n) is 9.55. The molecule has 0 aromatic rings. The monoisotopic (exact) mass is 392 g/mol. The Morgan fingerprint density at radius 1 is 1.00 bits per heavy atom. The highest BCUT2D eigenvalue weighted by atomic mass is 15.3. The minimum absolute atomic E-state index is 0.297. The molecule has 0 atom stereocenters. The van der Waals surface area contributed by atoms with Crippen molar-refractivity contribution < 1.29 is 0 Å². The second kappa shape index (κ2) is 10.3. The van der Waals surface area contributed by atoms with Gasteiger partial charge in [-0.1, -0.05) is 6.42 Å².